The molecule has 0 aliphatic carbocycles. The molecule has 3 heteroatoms. The van der Waals surface area contributed by atoms with Crippen LogP contribution < -0.4 is 5.32 Å². The fourth-order valence-electron chi connectivity index (χ4n) is 1.83. The van der Waals surface area contributed by atoms with Gasteiger partial charge in [0.15, 0.2) is 0 Å². The first-order valence-corrected chi connectivity index (χ1v) is 5.71. The minimum absolute atomic E-state index is 0.811. The first kappa shape index (κ1) is 12.0. The molecular formula is C11H23NO2. The average Bonchev–Trinajstić information content (AvgIpc) is 2.25. The number of methoxy groups -OCH3 is 1. The topological polar surface area (TPSA) is 30.5 Å². The highest BCUT2D eigenvalue weighted by Gasteiger charge is 2.11. The maximum Gasteiger partial charge on any atom is 0.0487 e. The van der Waals surface area contributed by atoms with Gasteiger partial charge in [-0.25, -0.2) is 0 Å². The molecule has 1 N–H and O–H groups in total. The Morgan fingerprint density at radius 2 is 2.21 bits per heavy atom. The fourth-order valence-corrected chi connectivity index (χ4v) is 1.83. The molecule has 1 fully saturated rings. The summed E-state index contributed by atoms with van der Waals surface area (Å²) in [7, 11) is 1.73. The zero-order chi connectivity index (χ0) is 10.1. The molecule has 0 aromatic carbocycles. The van der Waals surface area contributed by atoms with Gasteiger partial charge in [-0.2, -0.15) is 0 Å². The number of nitrogens with one attached hydrogen (secondary N) is 1. The Hall–Kier alpha value is -0.120. The van der Waals surface area contributed by atoms with E-state index in [1.54, 1.807) is 7.11 Å². The molecule has 14 heavy (non-hydrogen) atoms. The average molecular weight is 201 g/mol. The lowest BCUT2D eigenvalue weighted by Crippen LogP contribution is -2.30. The van der Waals surface area contributed by atoms with E-state index in [4.69, 9.17) is 9.47 Å². The minimum Gasteiger partial charge on any atom is -0.385 e. The molecule has 0 aromatic rings. The molecule has 0 aromatic heterocycles. The number of hydrogen-bond donors (Lipinski definition) is 1. The van der Waals surface area contributed by atoms with Gasteiger partial charge in [-0.1, -0.05) is 0 Å². The van der Waals surface area contributed by atoms with Crippen molar-refractivity contribution in [1.82, 2.24) is 5.32 Å². The smallest absolute Gasteiger partial charge is 0.0487 e. The Kier molecular flexibility index (Phi) is 7.01. The van der Waals surface area contributed by atoms with Crippen LogP contribution in [0.1, 0.15) is 25.7 Å². The number of piperidine rings is 1. The van der Waals surface area contributed by atoms with Crippen molar-refractivity contribution in [1.29, 1.82) is 0 Å². The third-order valence-corrected chi connectivity index (χ3v) is 2.71. The van der Waals surface area contributed by atoms with E-state index >= 15 is 0 Å². The van der Waals surface area contributed by atoms with Crippen molar-refractivity contribution in [2.45, 2.75) is 25.7 Å². The van der Waals surface area contributed by atoms with Gasteiger partial charge in [0, 0.05) is 26.9 Å². The van der Waals surface area contributed by atoms with Crippen LogP contribution in [0.4, 0.5) is 0 Å². The van der Waals surface area contributed by atoms with Crippen LogP contribution in [0.25, 0.3) is 0 Å². The maximum absolute atomic E-state index is 5.53. The van der Waals surface area contributed by atoms with E-state index < -0.39 is 0 Å². The second-order valence-electron chi connectivity index (χ2n) is 3.96. The first-order valence-electron chi connectivity index (χ1n) is 5.71. The summed E-state index contributed by atoms with van der Waals surface area (Å²) in [5.41, 5.74) is 0. The van der Waals surface area contributed by atoms with Gasteiger partial charge < -0.3 is 14.8 Å². The van der Waals surface area contributed by atoms with Crippen LogP contribution in [0, 0.1) is 5.92 Å². The summed E-state index contributed by atoms with van der Waals surface area (Å²) in [6.45, 7) is 4.95. The van der Waals surface area contributed by atoms with Gasteiger partial charge in [-0.3, -0.25) is 0 Å². The van der Waals surface area contributed by atoms with Gasteiger partial charge in [-0.05, 0) is 44.7 Å². The highest BCUT2D eigenvalue weighted by molar-refractivity contribution is 4.68. The van der Waals surface area contributed by atoms with E-state index in [9.17, 15) is 0 Å². The SMILES string of the molecule is COCCCOCCC1CCCNC1. The predicted molar refractivity (Wildman–Crippen MR) is 57.5 cm³/mol. The van der Waals surface area contributed by atoms with E-state index in [1.165, 1.54) is 32.4 Å². The van der Waals surface area contributed by atoms with Gasteiger partial charge in [0.1, 0.15) is 0 Å². The lowest BCUT2D eigenvalue weighted by Gasteiger charge is -2.22. The Labute approximate surface area is 87.2 Å². The largest absolute Gasteiger partial charge is 0.385 e. The van der Waals surface area contributed by atoms with Crippen molar-refractivity contribution in [3.05, 3.63) is 0 Å². The maximum atomic E-state index is 5.53. The molecule has 0 radical (unpaired) electrons. The van der Waals surface area contributed by atoms with Crippen molar-refractivity contribution >= 4 is 0 Å². The monoisotopic (exact) mass is 201 g/mol. The molecule has 1 atom stereocenters. The molecule has 1 aliphatic rings. The highest BCUT2D eigenvalue weighted by Crippen LogP contribution is 2.13. The quantitative estimate of drug-likeness (QED) is 0.632. The molecule has 1 rings (SSSR count). The molecule has 1 heterocycles. The van der Waals surface area contributed by atoms with Crippen LogP contribution >= 0.6 is 0 Å². The van der Waals surface area contributed by atoms with Crippen LogP contribution in [0.5, 0.6) is 0 Å². The van der Waals surface area contributed by atoms with Gasteiger partial charge in [0.25, 0.3) is 0 Å². The molecule has 1 aliphatic heterocycles. The zero-order valence-corrected chi connectivity index (χ0v) is 9.26. The summed E-state index contributed by atoms with van der Waals surface area (Å²) >= 11 is 0. The second-order valence-corrected chi connectivity index (χ2v) is 3.96. The fraction of sp³-hybridized carbons (Fsp3) is 1.00. The predicted octanol–water partition coefficient (Wildman–Crippen LogP) is 1.43. The molecule has 3 nitrogen and oxygen atoms in total. The third kappa shape index (κ3) is 5.58. The Bertz CT molecular complexity index is 124. The molecule has 0 spiro atoms. The van der Waals surface area contributed by atoms with Crippen molar-refractivity contribution in [3.63, 3.8) is 0 Å². The number of ether oxygens (including phenoxy) is 2. The standard InChI is InChI=1S/C11H23NO2/c1-13-7-3-8-14-9-5-11-4-2-6-12-10-11/h11-12H,2-10H2,1H3. The lowest BCUT2D eigenvalue weighted by atomic mass is 9.97. The Morgan fingerprint density at radius 1 is 1.29 bits per heavy atom. The highest BCUT2D eigenvalue weighted by atomic mass is 16.5. The molecule has 0 amide bonds. The van der Waals surface area contributed by atoms with Gasteiger partial charge in [-0.15, -0.1) is 0 Å². The van der Waals surface area contributed by atoms with Crippen LogP contribution in [0.15, 0.2) is 0 Å². The summed E-state index contributed by atoms with van der Waals surface area (Å²) in [4.78, 5) is 0. The summed E-state index contributed by atoms with van der Waals surface area (Å²) < 4.78 is 10.5. The van der Waals surface area contributed by atoms with E-state index in [0.29, 0.717) is 0 Å². The van der Waals surface area contributed by atoms with Crippen LogP contribution in [0.2, 0.25) is 0 Å². The Balaban J connectivity index is 1.82. The molecule has 84 valence electrons. The van der Waals surface area contributed by atoms with Crippen molar-refractivity contribution in [3.8, 4) is 0 Å². The first-order chi connectivity index (χ1) is 6.93. The van der Waals surface area contributed by atoms with Crippen LogP contribution in [-0.2, 0) is 9.47 Å². The van der Waals surface area contributed by atoms with Crippen molar-refractivity contribution in [2.24, 2.45) is 5.92 Å². The molecule has 1 saturated heterocycles. The Morgan fingerprint density at radius 3 is 2.93 bits per heavy atom. The lowest BCUT2D eigenvalue weighted by molar-refractivity contribution is 0.0913. The molecule has 0 bridgehead atoms. The third-order valence-electron chi connectivity index (χ3n) is 2.71. The summed E-state index contributed by atoms with van der Waals surface area (Å²) in [5.74, 6) is 0.839. The van der Waals surface area contributed by atoms with Crippen LogP contribution in [0.3, 0.4) is 0 Å². The minimum atomic E-state index is 0.811. The molecule has 1 unspecified atom stereocenters. The van der Waals surface area contributed by atoms with E-state index in [2.05, 4.69) is 5.32 Å². The second kappa shape index (κ2) is 8.21. The number of hydrogen-bond acceptors (Lipinski definition) is 3. The number of rotatable bonds is 7. The van der Waals surface area contributed by atoms with Gasteiger partial charge >= 0.3 is 0 Å². The zero-order valence-electron chi connectivity index (χ0n) is 9.26. The molecular weight excluding hydrogens is 178 g/mol. The van der Waals surface area contributed by atoms with E-state index in [0.717, 1.165) is 32.2 Å². The van der Waals surface area contributed by atoms with Gasteiger partial charge in [0.2, 0.25) is 0 Å². The summed E-state index contributed by atoms with van der Waals surface area (Å²) in [6, 6.07) is 0. The van der Waals surface area contributed by atoms with Gasteiger partial charge in [0.05, 0.1) is 0 Å². The summed E-state index contributed by atoms with van der Waals surface area (Å²) in [6.07, 6.45) is 4.92. The normalized spacial score (nSPS) is 22.5. The molecule has 0 saturated carbocycles. The van der Waals surface area contributed by atoms with E-state index in [1.807, 2.05) is 0 Å². The summed E-state index contributed by atoms with van der Waals surface area (Å²) in [5, 5.41) is 3.42. The van der Waals surface area contributed by atoms with Crippen molar-refractivity contribution in [2.75, 3.05) is 40.0 Å². The van der Waals surface area contributed by atoms with Crippen molar-refractivity contribution < 1.29 is 9.47 Å². The van der Waals surface area contributed by atoms with Crippen LogP contribution in [-0.4, -0.2) is 40.0 Å². The van der Waals surface area contributed by atoms with E-state index in [-0.39, 0.29) is 0 Å².